The van der Waals surface area contributed by atoms with Crippen molar-refractivity contribution in [2.24, 2.45) is 0 Å². The highest BCUT2D eigenvalue weighted by Crippen LogP contribution is 2.27. The van der Waals surface area contributed by atoms with Crippen LogP contribution in [0.5, 0.6) is 0 Å². The fraction of sp³-hybridized carbons (Fsp3) is 0.650. The Morgan fingerprint density at radius 3 is 2.46 bits per heavy atom. The molecule has 1 aliphatic carbocycles. The number of amides is 1. The molecule has 156 valence electrons. The summed E-state index contributed by atoms with van der Waals surface area (Å²) in [6.45, 7) is 0.128. The van der Waals surface area contributed by atoms with Crippen molar-refractivity contribution in [3.8, 4) is 0 Å². The van der Waals surface area contributed by atoms with Gasteiger partial charge in [0.25, 0.3) is 0 Å². The third kappa shape index (κ3) is 5.06. The Bertz CT molecular complexity index is 803. The van der Waals surface area contributed by atoms with Gasteiger partial charge in [-0.1, -0.05) is 6.07 Å². The number of rotatable bonds is 6. The zero-order valence-corrected chi connectivity index (χ0v) is 17.7. The molecule has 8 heteroatoms. The lowest BCUT2D eigenvalue weighted by Gasteiger charge is -2.29. The lowest BCUT2D eigenvalue weighted by molar-refractivity contribution is -0.121. The third-order valence-corrected chi connectivity index (χ3v) is 7.57. The molecule has 1 aromatic carbocycles. The molecule has 2 atom stereocenters. The van der Waals surface area contributed by atoms with Crippen LogP contribution in [0.25, 0.3) is 0 Å². The summed E-state index contributed by atoms with van der Waals surface area (Å²) in [6, 6.07) is 6.67. The molecule has 0 radical (unpaired) electrons. The molecule has 2 fully saturated rings. The van der Waals surface area contributed by atoms with Gasteiger partial charge in [0.2, 0.25) is 15.9 Å². The van der Waals surface area contributed by atoms with E-state index in [2.05, 4.69) is 15.4 Å². The largest absolute Gasteiger partial charge is 0.353 e. The van der Waals surface area contributed by atoms with E-state index in [-0.39, 0.29) is 37.3 Å². The lowest BCUT2D eigenvalue weighted by Crippen LogP contribution is -2.48. The van der Waals surface area contributed by atoms with Crippen LogP contribution in [0.4, 0.5) is 0 Å². The van der Waals surface area contributed by atoms with E-state index in [1.807, 2.05) is 6.07 Å². The summed E-state index contributed by atoms with van der Waals surface area (Å²) in [5, 5.41) is 6.63. The van der Waals surface area contributed by atoms with Crippen LogP contribution in [0.1, 0.15) is 56.1 Å². The van der Waals surface area contributed by atoms with Gasteiger partial charge in [-0.25, -0.2) is 13.1 Å². The van der Waals surface area contributed by atoms with Crippen molar-refractivity contribution in [3.63, 3.8) is 0 Å². The number of nitrogens with one attached hydrogen (secondary N) is 3. The molecule has 6 nitrogen and oxygen atoms in total. The number of hydrogen-bond donors (Lipinski definition) is 3. The molecule has 1 aromatic rings. The Balaban J connectivity index is 0.00000225. The topological polar surface area (TPSA) is 87.3 Å². The van der Waals surface area contributed by atoms with Gasteiger partial charge in [-0.3, -0.25) is 4.79 Å². The quantitative estimate of drug-likeness (QED) is 0.648. The van der Waals surface area contributed by atoms with Crippen LogP contribution in [0.3, 0.4) is 0 Å². The van der Waals surface area contributed by atoms with Gasteiger partial charge in [0, 0.05) is 31.1 Å². The fourth-order valence-electron chi connectivity index (χ4n) is 4.73. The van der Waals surface area contributed by atoms with Crippen molar-refractivity contribution in [2.75, 3.05) is 6.54 Å². The maximum absolute atomic E-state index is 12.5. The third-order valence-electron chi connectivity index (χ3n) is 6.11. The summed E-state index contributed by atoms with van der Waals surface area (Å²) in [4.78, 5) is 12.5. The van der Waals surface area contributed by atoms with E-state index in [9.17, 15) is 13.2 Å². The molecule has 4 rings (SSSR count). The highest BCUT2D eigenvalue weighted by molar-refractivity contribution is 7.89. The average molecular weight is 428 g/mol. The first-order chi connectivity index (χ1) is 13.0. The van der Waals surface area contributed by atoms with Crippen LogP contribution in [0, 0.1) is 0 Å². The monoisotopic (exact) mass is 427 g/mol. The van der Waals surface area contributed by atoms with E-state index >= 15 is 0 Å². The first kappa shape index (κ1) is 21.6. The number of carbonyl (C=O) groups excluding carboxylic acids is 1. The maximum atomic E-state index is 12.5. The fourth-order valence-corrected chi connectivity index (χ4v) is 5.82. The predicted octanol–water partition coefficient (Wildman–Crippen LogP) is 2.05. The van der Waals surface area contributed by atoms with Crippen molar-refractivity contribution in [3.05, 3.63) is 29.3 Å². The van der Waals surface area contributed by atoms with Crippen molar-refractivity contribution in [1.29, 1.82) is 0 Å². The average Bonchev–Trinajstić information content (AvgIpc) is 2.99. The second-order valence-corrected chi connectivity index (χ2v) is 9.93. The van der Waals surface area contributed by atoms with Gasteiger partial charge in [0.05, 0.1) is 4.90 Å². The standard InChI is InChI=1S/C20H29N3O3S.ClH/c24-20(23-18-12-16-6-7-17(13-18)22-16)9-10-21-27(25,26)19-8-5-14-3-1-2-4-15(14)11-19;/h5,8,11,16-18,21-22H,1-4,6-7,9-10,12-13H2,(H,23,24);1H. The van der Waals surface area contributed by atoms with E-state index in [1.165, 1.54) is 24.8 Å². The van der Waals surface area contributed by atoms with Gasteiger partial charge in [-0.2, -0.15) is 0 Å². The molecule has 0 saturated carbocycles. The second kappa shape index (κ2) is 9.11. The van der Waals surface area contributed by atoms with Gasteiger partial charge < -0.3 is 10.6 Å². The molecule has 3 N–H and O–H groups in total. The normalized spacial score (nSPS) is 26.2. The van der Waals surface area contributed by atoms with E-state index in [1.54, 1.807) is 12.1 Å². The number of carbonyl (C=O) groups is 1. The number of piperidine rings is 1. The highest BCUT2D eigenvalue weighted by Gasteiger charge is 2.33. The van der Waals surface area contributed by atoms with Gasteiger partial charge in [-0.05, 0) is 74.6 Å². The Morgan fingerprint density at radius 1 is 1.07 bits per heavy atom. The van der Waals surface area contributed by atoms with Crippen molar-refractivity contribution in [2.45, 2.75) is 80.8 Å². The van der Waals surface area contributed by atoms with E-state index in [0.29, 0.717) is 17.0 Å². The second-order valence-electron chi connectivity index (χ2n) is 8.16. The summed E-state index contributed by atoms with van der Waals surface area (Å²) in [5.41, 5.74) is 2.40. The lowest BCUT2D eigenvalue weighted by atomic mass is 9.92. The SMILES string of the molecule is Cl.O=C(CCNS(=O)(=O)c1ccc2c(c1)CCCC2)NC1CC2CCC(C1)N2. The van der Waals surface area contributed by atoms with Crippen LogP contribution in [0.15, 0.2) is 23.1 Å². The van der Waals surface area contributed by atoms with Gasteiger partial charge in [-0.15, -0.1) is 12.4 Å². The van der Waals surface area contributed by atoms with Crippen LogP contribution in [0.2, 0.25) is 0 Å². The molecule has 2 heterocycles. The zero-order chi connectivity index (χ0) is 18.9. The van der Waals surface area contributed by atoms with Crippen molar-refractivity contribution < 1.29 is 13.2 Å². The number of aryl methyl sites for hydroxylation is 2. The smallest absolute Gasteiger partial charge is 0.240 e. The Morgan fingerprint density at radius 2 is 1.75 bits per heavy atom. The van der Waals surface area contributed by atoms with E-state index in [0.717, 1.165) is 37.7 Å². The van der Waals surface area contributed by atoms with Crippen LogP contribution < -0.4 is 15.4 Å². The molecule has 2 bridgehead atoms. The summed E-state index contributed by atoms with van der Waals surface area (Å²) in [6.07, 6.45) is 8.76. The number of hydrogen-bond acceptors (Lipinski definition) is 4. The molecule has 1 amide bonds. The van der Waals surface area contributed by atoms with E-state index in [4.69, 9.17) is 0 Å². The first-order valence-corrected chi connectivity index (χ1v) is 11.6. The number of sulfonamides is 1. The summed E-state index contributed by atoms with van der Waals surface area (Å²) in [7, 11) is -3.57. The molecule has 0 spiro atoms. The first-order valence-electron chi connectivity index (χ1n) is 10.2. The summed E-state index contributed by atoms with van der Waals surface area (Å²) >= 11 is 0. The van der Waals surface area contributed by atoms with Gasteiger partial charge in [0.15, 0.2) is 0 Å². The summed E-state index contributed by atoms with van der Waals surface area (Å²) in [5.74, 6) is -0.0746. The molecular formula is C20H30ClN3O3S. The minimum atomic E-state index is -3.57. The van der Waals surface area contributed by atoms with Crippen molar-refractivity contribution >= 4 is 28.3 Å². The van der Waals surface area contributed by atoms with Crippen LogP contribution >= 0.6 is 12.4 Å². The van der Waals surface area contributed by atoms with Gasteiger partial charge >= 0.3 is 0 Å². The Hall–Kier alpha value is -1.15. The van der Waals surface area contributed by atoms with Gasteiger partial charge in [0.1, 0.15) is 0 Å². The Labute approximate surface area is 173 Å². The highest BCUT2D eigenvalue weighted by atomic mass is 35.5. The minimum absolute atomic E-state index is 0. The van der Waals surface area contributed by atoms with Crippen molar-refractivity contribution in [1.82, 2.24) is 15.4 Å². The van der Waals surface area contributed by atoms with Crippen LogP contribution in [-0.4, -0.2) is 39.0 Å². The number of halogens is 1. The maximum Gasteiger partial charge on any atom is 0.240 e. The minimum Gasteiger partial charge on any atom is -0.353 e. The molecule has 2 unspecified atom stereocenters. The summed E-state index contributed by atoms with van der Waals surface area (Å²) < 4.78 is 27.6. The molecular weight excluding hydrogens is 398 g/mol. The Kier molecular flexibility index (Phi) is 7.02. The molecule has 28 heavy (non-hydrogen) atoms. The van der Waals surface area contributed by atoms with E-state index < -0.39 is 10.0 Å². The number of fused-ring (bicyclic) bond motifs is 3. The molecule has 2 aliphatic heterocycles. The molecule has 3 aliphatic rings. The van der Waals surface area contributed by atoms with Crippen LogP contribution in [-0.2, 0) is 27.7 Å². The zero-order valence-electron chi connectivity index (χ0n) is 16.1. The molecule has 2 saturated heterocycles. The molecule has 0 aromatic heterocycles. The number of benzene rings is 1. The predicted molar refractivity (Wildman–Crippen MR) is 111 cm³/mol.